The Morgan fingerprint density at radius 3 is 2.50 bits per heavy atom. The summed E-state index contributed by atoms with van der Waals surface area (Å²) in [5, 5.41) is 12.9. The van der Waals surface area contributed by atoms with Crippen molar-refractivity contribution in [2.24, 2.45) is 11.3 Å². The topological polar surface area (TPSA) is 84.2 Å². The Balaban J connectivity index is 1.34. The number of hydrogen-bond donors (Lipinski definition) is 2. The predicted octanol–water partition coefficient (Wildman–Crippen LogP) is 4.09. The maximum absolute atomic E-state index is 13.0. The second kappa shape index (κ2) is 7.08. The molecular weight excluding hydrogens is 423 g/mol. The van der Waals surface area contributed by atoms with Crippen molar-refractivity contribution in [3.8, 4) is 0 Å². The molecule has 1 spiro atoms. The molecule has 2 N–H and O–H groups in total. The molecule has 6 nitrogen and oxygen atoms in total. The highest BCUT2D eigenvalue weighted by Gasteiger charge is 2.63. The van der Waals surface area contributed by atoms with Gasteiger partial charge in [-0.3, -0.25) is 14.6 Å². The zero-order valence-corrected chi connectivity index (χ0v) is 16.9. The van der Waals surface area contributed by atoms with Crippen LogP contribution in [0.3, 0.4) is 0 Å². The van der Waals surface area contributed by atoms with Crippen molar-refractivity contribution < 1.29 is 27.9 Å². The smallest absolute Gasteiger partial charge is 0.416 e. The molecule has 1 aromatic carbocycles. The molecule has 2 saturated carbocycles. The summed E-state index contributed by atoms with van der Waals surface area (Å²) in [7, 11) is 0. The molecular formula is C23H20F3N3O3. The van der Waals surface area contributed by atoms with Crippen LogP contribution in [0.4, 0.5) is 13.2 Å². The third-order valence-electron chi connectivity index (χ3n) is 6.70. The van der Waals surface area contributed by atoms with Gasteiger partial charge in [-0.05, 0) is 48.4 Å². The summed E-state index contributed by atoms with van der Waals surface area (Å²) in [4.78, 5) is 28.2. The van der Waals surface area contributed by atoms with Crippen LogP contribution in [0.1, 0.15) is 40.7 Å². The van der Waals surface area contributed by atoms with Crippen LogP contribution in [0.5, 0.6) is 0 Å². The van der Waals surface area contributed by atoms with Crippen molar-refractivity contribution in [1.82, 2.24) is 14.9 Å². The first kappa shape index (κ1) is 20.5. The second-order valence-corrected chi connectivity index (χ2v) is 8.80. The predicted molar refractivity (Wildman–Crippen MR) is 109 cm³/mol. The minimum Gasteiger partial charge on any atom is -0.481 e. The van der Waals surface area contributed by atoms with Gasteiger partial charge in [0.25, 0.3) is 5.91 Å². The molecule has 2 aliphatic rings. The zero-order valence-electron chi connectivity index (χ0n) is 16.9. The van der Waals surface area contributed by atoms with Crippen molar-refractivity contribution in [2.75, 3.05) is 0 Å². The summed E-state index contributed by atoms with van der Waals surface area (Å²) in [5.74, 6) is -1.40. The monoisotopic (exact) mass is 443 g/mol. The highest BCUT2D eigenvalue weighted by Crippen LogP contribution is 2.63. The fourth-order valence-electron chi connectivity index (χ4n) is 4.79. The number of carbonyl (C=O) groups excluding carboxylic acids is 1. The lowest BCUT2D eigenvalue weighted by molar-refractivity contribution is -0.147. The lowest BCUT2D eigenvalue weighted by Gasteiger charge is -2.33. The van der Waals surface area contributed by atoms with Crippen LogP contribution in [0.25, 0.3) is 10.9 Å². The van der Waals surface area contributed by atoms with Gasteiger partial charge in [-0.25, -0.2) is 0 Å². The van der Waals surface area contributed by atoms with E-state index in [9.17, 15) is 22.8 Å². The number of nitrogens with zero attached hydrogens (tertiary/aromatic N) is 2. The molecule has 3 aromatic rings. The van der Waals surface area contributed by atoms with E-state index in [1.54, 1.807) is 12.4 Å². The molecule has 1 atom stereocenters. The summed E-state index contributed by atoms with van der Waals surface area (Å²) in [6, 6.07) is 6.72. The Labute approximate surface area is 181 Å². The molecule has 0 saturated heterocycles. The Morgan fingerprint density at radius 1 is 1.12 bits per heavy atom. The number of hydrogen-bond acceptors (Lipinski definition) is 3. The number of aromatic nitrogens is 2. The third-order valence-corrected chi connectivity index (χ3v) is 6.70. The SMILES string of the molecule is O=C(NC1CC12CC(C(=O)O)C2)c1cncc2ccn(Cc3ccc(C(F)(F)F)cc3)c12. The first-order valence-electron chi connectivity index (χ1n) is 10.3. The number of carbonyl (C=O) groups is 2. The summed E-state index contributed by atoms with van der Waals surface area (Å²) < 4.78 is 40.3. The van der Waals surface area contributed by atoms with Gasteiger partial charge >= 0.3 is 12.1 Å². The molecule has 0 aliphatic heterocycles. The van der Waals surface area contributed by atoms with Crippen LogP contribution in [-0.2, 0) is 17.5 Å². The normalized spacial score (nSPS) is 24.3. The number of nitrogens with one attached hydrogen (secondary N) is 1. The van der Waals surface area contributed by atoms with E-state index in [2.05, 4.69) is 10.3 Å². The summed E-state index contributed by atoms with van der Waals surface area (Å²) in [6.45, 7) is 0.305. The third kappa shape index (κ3) is 3.51. The van der Waals surface area contributed by atoms with E-state index in [-0.39, 0.29) is 23.3 Å². The summed E-state index contributed by atoms with van der Waals surface area (Å²) >= 11 is 0. The Morgan fingerprint density at radius 2 is 1.84 bits per heavy atom. The van der Waals surface area contributed by atoms with Gasteiger partial charge in [-0.2, -0.15) is 13.2 Å². The average Bonchev–Trinajstić information content (AvgIpc) is 3.29. The zero-order chi connectivity index (χ0) is 22.7. The molecule has 0 bridgehead atoms. The molecule has 2 heterocycles. The number of carboxylic acid groups (broad SMARTS) is 1. The molecule has 2 aromatic heterocycles. The van der Waals surface area contributed by atoms with E-state index < -0.39 is 17.7 Å². The number of benzene rings is 1. The van der Waals surface area contributed by atoms with Gasteiger partial charge in [0.2, 0.25) is 0 Å². The quantitative estimate of drug-likeness (QED) is 0.622. The molecule has 1 unspecified atom stereocenters. The molecule has 0 radical (unpaired) electrons. The molecule has 5 rings (SSSR count). The molecule has 9 heteroatoms. The first-order chi connectivity index (χ1) is 15.2. The van der Waals surface area contributed by atoms with Crippen LogP contribution < -0.4 is 5.32 Å². The van der Waals surface area contributed by atoms with Crippen LogP contribution in [0.2, 0.25) is 0 Å². The first-order valence-corrected chi connectivity index (χ1v) is 10.3. The van der Waals surface area contributed by atoms with Crippen LogP contribution in [0, 0.1) is 11.3 Å². The van der Waals surface area contributed by atoms with Gasteiger partial charge in [0.15, 0.2) is 0 Å². The van der Waals surface area contributed by atoms with Crippen LogP contribution in [-0.4, -0.2) is 32.6 Å². The van der Waals surface area contributed by atoms with Gasteiger partial charge < -0.3 is 15.0 Å². The van der Waals surface area contributed by atoms with Gasteiger partial charge in [-0.15, -0.1) is 0 Å². The van der Waals surface area contributed by atoms with Gasteiger partial charge in [-0.1, -0.05) is 12.1 Å². The number of pyridine rings is 1. The minimum absolute atomic E-state index is 0.0424. The fourth-order valence-corrected chi connectivity index (χ4v) is 4.79. The van der Waals surface area contributed by atoms with Crippen molar-refractivity contribution >= 4 is 22.8 Å². The van der Waals surface area contributed by atoms with Gasteiger partial charge in [0.05, 0.1) is 22.6 Å². The van der Waals surface area contributed by atoms with E-state index in [4.69, 9.17) is 5.11 Å². The molecule has 32 heavy (non-hydrogen) atoms. The number of carboxylic acids is 1. The molecule has 1 amide bonds. The standard InChI is InChI=1S/C23H20F3N3O3/c24-23(25,26)16-3-1-13(2-4-16)12-29-6-5-14-10-27-11-17(19(14)29)20(30)28-18-9-22(18)7-15(8-22)21(31)32/h1-6,10-11,15,18H,7-9,12H2,(H,28,30)(H,31,32). The Kier molecular flexibility index (Phi) is 4.54. The number of aliphatic carboxylic acids is 1. The van der Waals surface area contributed by atoms with E-state index in [1.807, 2.05) is 10.6 Å². The second-order valence-electron chi connectivity index (χ2n) is 8.80. The van der Waals surface area contributed by atoms with Gasteiger partial charge in [0, 0.05) is 36.6 Å². The molecule has 166 valence electrons. The van der Waals surface area contributed by atoms with E-state index >= 15 is 0 Å². The number of fused-ring (bicyclic) bond motifs is 1. The largest absolute Gasteiger partial charge is 0.481 e. The lowest BCUT2D eigenvalue weighted by atomic mass is 9.71. The molecule has 2 fully saturated rings. The van der Waals surface area contributed by atoms with E-state index in [1.165, 1.54) is 18.3 Å². The number of amides is 1. The van der Waals surface area contributed by atoms with Crippen LogP contribution in [0.15, 0.2) is 48.9 Å². The van der Waals surface area contributed by atoms with Crippen molar-refractivity contribution in [2.45, 2.75) is 38.0 Å². The maximum atomic E-state index is 13.0. The van der Waals surface area contributed by atoms with Crippen molar-refractivity contribution in [3.05, 3.63) is 65.6 Å². The van der Waals surface area contributed by atoms with E-state index in [0.717, 1.165) is 23.9 Å². The number of rotatable bonds is 5. The number of alkyl halides is 3. The highest BCUT2D eigenvalue weighted by molar-refractivity contribution is 6.05. The minimum atomic E-state index is -4.39. The van der Waals surface area contributed by atoms with Crippen molar-refractivity contribution in [3.63, 3.8) is 0 Å². The lowest BCUT2D eigenvalue weighted by Crippen LogP contribution is -2.39. The Bertz CT molecular complexity index is 1210. The van der Waals surface area contributed by atoms with E-state index in [0.29, 0.717) is 36.0 Å². The maximum Gasteiger partial charge on any atom is 0.416 e. The molecule has 2 aliphatic carbocycles. The fraction of sp³-hybridized carbons (Fsp3) is 0.348. The van der Waals surface area contributed by atoms with Crippen molar-refractivity contribution in [1.29, 1.82) is 0 Å². The summed E-state index contributed by atoms with van der Waals surface area (Å²) in [5.41, 5.74) is 0.915. The number of halogens is 3. The highest BCUT2D eigenvalue weighted by atomic mass is 19.4. The average molecular weight is 443 g/mol. The van der Waals surface area contributed by atoms with Crippen LogP contribution >= 0.6 is 0 Å². The van der Waals surface area contributed by atoms with Gasteiger partial charge in [0.1, 0.15) is 0 Å². The summed E-state index contributed by atoms with van der Waals surface area (Å²) in [6.07, 6.45) is 2.45. The Hall–Kier alpha value is -3.36.